The number of benzene rings is 1. The Labute approximate surface area is 349 Å². The maximum Gasteiger partial charge on any atom is 0.280 e. The number of aromatic nitrogens is 10. The van der Waals surface area contributed by atoms with Gasteiger partial charge in [-0.2, -0.15) is 4.98 Å². The van der Waals surface area contributed by atoms with Crippen LogP contribution in [0.4, 0.5) is 23.1 Å². The highest BCUT2D eigenvalue weighted by atomic mass is 35.5. The molecule has 16 nitrogen and oxygen atoms in total. The molecule has 0 saturated carbocycles. The number of nitrogens with two attached hydrogens (primary N) is 3. The number of nitrogens with zero attached hydrogens (tertiary/aromatic N) is 10. The molecule has 59 heavy (non-hydrogen) atoms. The van der Waals surface area contributed by atoms with E-state index < -0.39 is 0 Å². The van der Waals surface area contributed by atoms with Gasteiger partial charge in [0.2, 0.25) is 11.9 Å². The van der Waals surface area contributed by atoms with Gasteiger partial charge in [-0.25, -0.2) is 24.9 Å². The second-order valence-electron chi connectivity index (χ2n) is 18.4. The topological polar surface area (TPSA) is 223 Å². The van der Waals surface area contributed by atoms with E-state index in [2.05, 4.69) is 87.1 Å². The first-order valence-corrected chi connectivity index (χ1v) is 19.6. The lowest BCUT2D eigenvalue weighted by molar-refractivity contribution is -0.118. The minimum absolute atomic E-state index is 0.0183. The first-order valence-electron chi connectivity index (χ1n) is 19.2. The van der Waals surface area contributed by atoms with Crippen LogP contribution in [-0.2, 0) is 27.8 Å². The molecule has 17 heteroatoms. The van der Waals surface area contributed by atoms with Gasteiger partial charge in [0.1, 0.15) is 11.3 Å². The molecule has 0 aliphatic carbocycles. The minimum Gasteiger partial charge on any atom is -0.398 e. The standard InChI is InChI=1S/C12H15ClN2.C11H15N3O.C10H14N4.C9H13N5O/c1-8-5-11-10(6-9(8)13)14-7-15(11)12(2,3)4;1-11(2,3)14-9(15)6-7-8(12)4-5-13-10(7)14;1-10(2,3)14-6-13-8-7(11)4-5-12-9(8)14;1-9(2,3)14-4-11-5-6(14)12-8(10)13-7(5)15/h5-7H,1-4H3;4-5H,6H2,1-3H3,(H2,12,13);4-6H,1-3H3,(H2,11,12);4H,1-3H3,(H3,10,12,13,15). The molecule has 8 rings (SSSR count). The zero-order valence-corrected chi connectivity index (χ0v) is 37.1. The molecular formula is C42H57ClN14O2. The molecule has 7 aromatic rings. The highest BCUT2D eigenvalue weighted by molar-refractivity contribution is 6.32. The van der Waals surface area contributed by atoms with Crippen LogP contribution in [0.1, 0.15) is 94.2 Å². The van der Waals surface area contributed by atoms with Crippen molar-refractivity contribution in [1.82, 2.24) is 48.6 Å². The number of aryl methyl sites for hydroxylation is 1. The summed E-state index contributed by atoms with van der Waals surface area (Å²) in [6.07, 6.45) is 8.99. The van der Waals surface area contributed by atoms with Gasteiger partial charge in [0.15, 0.2) is 16.8 Å². The number of halogens is 1. The molecule has 1 aliphatic rings. The summed E-state index contributed by atoms with van der Waals surface area (Å²) in [5.74, 6) is 0.897. The predicted octanol–water partition coefficient (Wildman–Crippen LogP) is 7.33. The SMILES string of the molecule is CC(C)(C)N1C(=O)Cc2c(N)ccnc21.CC(C)(C)n1cnc2c(=O)[nH]c(N)nc21.CC(C)(C)n1cnc2c(N)ccnc21.Cc1cc2c(cc1Cl)ncn2C(C)(C)C. The quantitative estimate of drug-likeness (QED) is 0.118. The highest BCUT2D eigenvalue weighted by Crippen LogP contribution is 2.35. The fourth-order valence-electron chi connectivity index (χ4n) is 6.42. The van der Waals surface area contributed by atoms with E-state index in [1.165, 1.54) is 0 Å². The Morgan fingerprint density at radius 2 is 1.20 bits per heavy atom. The number of nitrogens with one attached hydrogen (secondary N) is 1. The van der Waals surface area contributed by atoms with Crippen LogP contribution in [-0.4, -0.2) is 60.0 Å². The van der Waals surface area contributed by atoms with E-state index in [9.17, 15) is 9.59 Å². The molecule has 0 radical (unpaired) electrons. The molecule has 0 spiro atoms. The van der Waals surface area contributed by atoms with Crippen LogP contribution in [0.2, 0.25) is 5.02 Å². The fourth-order valence-corrected chi connectivity index (χ4v) is 6.58. The van der Waals surface area contributed by atoms with E-state index in [0.29, 0.717) is 34.8 Å². The maximum atomic E-state index is 11.9. The minimum atomic E-state index is -0.305. The predicted molar refractivity (Wildman–Crippen MR) is 239 cm³/mol. The molecule has 6 aromatic heterocycles. The molecule has 0 saturated heterocycles. The molecule has 0 bridgehead atoms. The van der Waals surface area contributed by atoms with E-state index in [4.69, 9.17) is 28.8 Å². The third-order valence-corrected chi connectivity index (χ3v) is 9.82. The smallest absolute Gasteiger partial charge is 0.280 e. The lowest BCUT2D eigenvalue weighted by Crippen LogP contribution is -2.43. The molecule has 1 aliphatic heterocycles. The van der Waals surface area contributed by atoms with Crippen molar-refractivity contribution in [3.05, 3.63) is 82.1 Å². The van der Waals surface area contributed by atoms with E-state index in [1.807, 2.05) is 70.0 Å². The largest absolute Gasteiger partial charge is 0.398 e. The number of carbonyl (C=O) groups is 1. The monoisotopic (exact) mass is 824 g/mol. The summed E-state index contributed by atoms with van der Waals surface area (Å²) < 4.78 is 6.03. The van der Waals surface area contributed by atoms with Crippen molar-refractivity contribution in [2.45, 2.75) is 119 Å². The van der Waals surface area contributed by atoms with Crippen molar-refractivity contribution in [2.75, 3.05) is 22.1 Å². The highest BCUT2D eigenvalue weighted by Gasteiger charge is 2.37. The van der Waals surface area contributed by atoms with Crippen molar-refractivity contribution in [3.8, 4) is 0 Å². The lowest BCUT2D eigenvalue weighted by atomic mass is 10.1. The molecule has 314 valence electrons. The summed E-state index contributed by atoms with van der Waals surface area (Å²) in [5.41, 5.74) is 24.3. The van der Waals surface area contributed by atoms with Crippen LogP contribution in [0.5, 0.6) is 0 Å². The van der Waals surface area contributed by atoms with E-state index in [1.54, 1.807) is 42.1 Å². The Kier molecular flexibility index (Phi) is 11.9. The van der Waals surface area contributed by atoms with Gasteiger partial charge in [0.05, 0.1) is 42.1 Å². The van der Waals surface area contributed by atoms with Crippen molar-refractivity contribution >= 4 is 74.0 Å². The van der Waals surface area contributed by atoms with E-state index in [-0.39, 0.29) is 39.6 Å². The molecule has 1 amide bonds. The number of aromatic amines is 1. The average molecular weight is 825 g/mol. The molecular weight excluding hydrogens is 768 g/mol. The Hall–Kier alpha value is -6.03. The molecule has 1 aromatic carbocycles. The fraction of sp³-hybridized carbons (Fsp3) is 0.429. The van der Waals surface area contributed by atoms with Gasteiger partial charge in [-0.1, -0.05) is 11.6 Å². The number of hydrogen-bond acceptors (Lipinski definition) is 11. The Balaban J connectivity index is 0.000000150. The number of anilines is 4. The summed E-state index contributed by atoms with van der Waals surface area (Å²) >= 11 is 6.06. The molecule has 0 unspecified atom stereocenters. The Morgan fingerprint density at radius 3 is 1.80 bits per heavy atom. The summed E-state index contributed by atoms with van der Waals surface area (Å²) in [6.45, 7) is 26.8. The van der Waals surface area contributed by atoms with Gasteiger partial charge in [0, 0.05) is 50.8 Å². The van der Waals surface area contributed by atoms with Crippen LogP contribution in [0.15, 0.2) is 60.4 Å². The number of imidazole rings is 3. The Bertz CT molecular complexity index is 2700. The van der Waals surface area contributed by atoms with E-state index in [0.717, 1.165) is 38.3 Å². The van der Waals surface area contributed by atoms with Crippen LogP contribution < -0.4 is 27.7 Å². The van der Waals surface area contributed by atoms with Gasteiger partial charge < -0.3 is 30.9 Å². The third-order valence-electron chi connectivity index (χ3n) is 9.42. The van der Waals surface area contributed by atoms with Crippen LogP contribution in [0.25, 0.3) is 33.4 Å². The lowest BCUT2D eigenvalue weighted by Gasteiger charge is -2.31. The van der Waals surface area contributed by atoms with Crippen LogP contribution in [0.3, 0.4) is 0 Å². The first-order chi connectivity index (χ1) is 27.2. The van der Waals surface area contributed by atoms with Gasteiger partial charge >= 0.3 is 0 Å². The molecule has 0 fully saturated rings. The second kappa shape index (κ2) is 16.0. The molecule has 7 N–H and O–H groups in total. The van der Waals surface area contributed by atoms with Gasteiger partial charge in [0.25, 0.3) is 5.56 Å². The summed E-state index contributed by atoms with van der Waals surface area (Å²) in [6, 6.07) is 7.52. The van der Waals surface area contributed by atoms with Crippen LogP contribution >= 0.6 is 11.6 Å². The average Bonchev–Trinajstić information content (AvgIpc) is 3.89. The number of nitrogen functional groups attached to an aromatic ring is 3. The summed E-state index contributed by atoms with van der Waals surface area (Å²) in [4.78, 5) is 52.8. The Morgan fingerprint density at radius 1 is 0.661 bits per heavy atom. The molecule has 7 heterocycles. The number of amides is 1. The van der Waals surface area contributed by atoms with Gasteiger partial charge in [-0.15, -0.1) is 0 Å². The zero-order valence-electron chi connectivity index (χ0n) is 36.3. The van der Waals surface area contributed by atoms with Crippen LogP contribution in [0, 0.1) is 6.92 Å². The third kappa shape index (κ3) is 9.48. The van der Waals surface area contributed by atoms with Gasteiger partial charge in [-0.05, 0) is 120 Å². The number of pyridine rings is 2. The zero-order chi connectivity index (χ0) is 44.0. The summed E-state index contributed by atoms with van der Waals surface area (Å²) in [5, 5.41) is 0.779. The molecule has 0 atom stereocenters. The number of hydrogen-bond donors (Lipinski definition) is 4. The maximum absolute atomic E-state index is 11.9. The number of rotatable bonds is 0. The summed E-state index contributed by atoms with van der Waals surface area (Å²) in [7, 11) is 0. The van der Waals surface area contributed by atoms with E-state index >= 15 is 0 Å². The van der Waals surface area contributed by atoms with Crippen molar-refractivity contribution in [3.63, 3.8) is 0 Å². The normalized spacial score (nSPS) is 13.1. The van der Waals surface area contributed by atoms with Crippen molar-refractivity contribution < 1.29 is 4.79 Å². The number of fused-ring (bicyclic) bond motifs is 4. The second-order valence-corrected chi connectivity index (χ2v) is 18.8. The number of carbonyl (C=O) groups excluding carboxylic acids is 1. The van der Waals surface area contributed by atoms with Crippen molar-refractivity contribution in [2.24, 2.45) is 0 Å². The first kappa shape index (κ1) is 44.1. The van der Waals surface area contributed by atoms with Gasteiger partial charge in [-0.3, -0.25) is 19.5 Å². The number of H-pyrrole nitrogens is 1. The van der Waals surface area contributed by atoms with Crippen molar-refractivity contribution in [1.29, 1.82) is 0 Å².